The molecule has 5 nitrogen and oxygen atoms in total. The predicted molar refractivity (Wildman–Crippen MR) is 91.9 cm³/mol. The smallest absolute Gasteiger partial charge is 0.338 e. The average Bonchev–Trinajstić information content (AvgIpc) is 3.20. The SMILES string of the molecule is O=C(OC[C@H]1CC1(Cl)Cl)c1ccc(S(=O)(=O)N2CCCCC2)cc1. The summed E-state index contributed by atoms with van der Waals surface area (Å²) in [4.78, 5) is 12.2. The minimum atomic E-state index is -3.49. The van der Waals surface area contributed by atoms with Crippen LogP contribution in [0.15, 0.2) is 29.2 Å². The maximum Gasteiger partial charge on any atom is 0.338 e. The number of carbonyl (C=O) groups is 1. The molecule has 0 radical (unpaired) electrons. The number of rotatable bonds is 5. The molecule has 0 spiro atoms. The van der Waals surface area contributed by atoms with E-state index in [-0.39, 0.29) is 17.4 Å². The fourth-order valence-electron chi connectivity index (χ4n) is 2.73. The number of alkyl halides is 2. The number of hydrogen-bond donors (Lipinski definition) is 0. The largest absolute Gasteiger partial charge is 0.462 e. The highest BCUT2D eigenvalue weighted by Gasteiger charge is 2.52. The van der Waals surface area contributed by atoms with Gasteiger partial charge in [-0.1, -0.05) is 6.42 Å². The summed E-state index contributed by atoms with van der Waals surface area (Å²) in [5.74, 6) is -0.545. The first kappa shape index (κ1) is 18.0. The van der Waals surface area contributed by atoms with E-state index in [1.165, 1.54) is 28.6 Å². The lowest BCUT2D eigenvalue weighted by Crippen LogP contribution is -2.35. The highest BCUT2D eigenvalue weighted by molar-refractivity contribution is 7.89. The zero-order valence-corrected chi connectivity index (χ0v) is 15.4. The molecule has 0 bridgehead atoms. The van der Waals surface area contributed by atoms with Crippen molar-refractivity contribution in [1.82, 2.24) is 4.31 Å². The first-order chi connectivity index (χ1) is 11.3. The van der Waals surface area contributed by atoms with Crippen LogP contribution in [0.4, 0.5) is 0 Å². The van der Waals surface area contributed by atoms with Gasteiger partial charge in [0.05, 0.1) is 17.1 Å². The molecule has 8 heteroatoms. The van der Waals surface area contributed by atoms with E-state index in [1.54, 1.807) is 0 Å². The summed E-state index contributed by atoms with van der Waals surface area (Å²) >= 11 is 11.8. The first-order valence-electron chi connectivity index (χ1n) is 7.96. The molecule has 2 aliphatic rings. The van der Waals surface area contributed by atoms with Crippen molar-refractivity contribution in [2.75, 3.05) is 19.7 Å². The van der Waals surface area contributed by atoms with Crippen molar-refractivity contribution in [3.8, 4) is 0 Å². The molecule has 1 aliphatic carbocycles. The van der Waals surface area contributed by atoms with Gasteiger partial charge in [0.25, 0.3) is 0 Å². The van der Waals surface area contributed by atoms with Crippen molar-refractivity contribution in [3.63, 3.8) is 0 Å². The first-order valence-corrected chi connectivity index (χ1v) is 10.2. The molecule has 24 heavy (non-hydrogen) atoms. The third kappa shape index (κ3) is 3.87. The normalized spacial score (nSPS) is 23.7. The van der Waals surface area contributed by atoms with Gasteiger partial charge in [-0.25, -0.2) is 13.2 Å². The van der Waals surface area contributed by atoms with E-state index in [2.05, 4.69) is 0 Å². The minimum Gasteiger partial charge on any atom is -0.462 e. The van der Waals surface area contributed by atoms with Gasteiger partial charge in [0, 0.05) is 19.0 Å². The number of sulfonamides is 1. The van der Waals surface area contributed by atoms with E-state index in [0.29, 0.717) is 25.1 Å². The Bertz CT molecular complexity index is 712. The number of benzene rings is 1. The molecule has 1 aromatic carbocycles. The lowest BCUT2D eigenvalue weighted by atomic mass is 10.2. The van der Waals surface area contributed by atoms with Crippen LogP contribution in [-0.2, 0) is 14.8 Å². The zero-order valence-electron chi connectivity index (χ0n) is 13.1. The van der Waals surface area contributed by atoms with Crippen molar-refractivity contribution < 1.29 is 17.9 Å². The summed E-state index contributed by atoms with van der Waals surface area (Å²) in [5, 5.41) is 0. The molecule has 1 atom stereocenters. The highest BCUT2D eigenvalue weighted by atomic mass is 35.5. The maximum atomic E-state index is 12.5. The van der Waals surface area contributed by atoms with Crippen molar-refractivity contribution in [1.29, 1.82) is 0 Å². The van der Waals surface area contributed by atoms with Gasteiger partial charge in [-0.05, 0) is 43.5 Å². The number of esters is 1. The molecular weight excluding hydrogens is 373 g/mol. The molecule has 1 saturated carbocycles. The molecule has 1 saturated heterocycles. The van der Waals surface area contributed by atoms with Crippen molar-refractivity contribution >= 4 is 39.2 Å². The lowest BCUT2D eigenvalue weighted by molar-refractivity contribution is 0.0485. The summed E-state index contributed by atoms with van der Waals surface area (Å²) < 4.78 is 31.0. The minimum absolute atomic E-state index is 0.0384. The highest BCUT2D eigenvalue weighted by Crippen LogP contribution is 2.53. The van der Waals surface area contributed by atoms with Gasteiger partial charge in [0.1, 0.15) is 4.33 Å². The molecule has 0 amide bonds. The van der Waals surface area contributed by atoms with Crippen LogP contribution in [0.25, 0.3) is 0 Å². The van der Waals surface area contributed by atoms with Gasteiger partial charge in [0.2, 0.25) is 10.0 Å². The lowest BCUT2D eigenvalue weighted by Gasteiger charge is -2.25. The Balaban J connectivity index is 1.63. The van der Waals surface area contributed by atoms with Crippen LogP contribution in [0.2, 0.25) is 0 Å². The average molecular weight is 392 g/mol. The molecule has 0 aromatic heterocycles. The van der Waals surface area contributed by atoms with Gasteiger partial charge in [0.15, 0.2) is 0 Å². The fourth-order valence-corrected chi connectivity index (χ4v) is 4.74. The number of carbonyl (C=O) groups excluding carboxylic acids is 1. The molecule has 1 aliphatic heterocycles. The summed E-state index contributed by atoms with van der Waals surface area (Å²) in [7, 11) is -3.49. The van der Waals surface area contributed by atoms with Gasteiger partial charge in [-0.3, -0.25) is 0 Å². The van der Waals surface area contributed by atoms with Gasteiger partial charge in [-0.2, -0.15) is 4.31 Å². The van der Waals surface area contributed by atoms with E-state index in [1.807, 2.05) is 0 Å². The Kier molecular flexibility index (Phi) is 5.12. The molecule has 1 aromatic rings. The van der Waals surface area contributed by atoms with Crippen LogP contribution < -0.4 is 0 Å². The second kappa shape index (κ2) is 6.83. The van der Waals surface area contributed by atoms with Gasteiger partial charge < -0.3 is 4.74 Å². The van der Waals surface area contributed by atoms with Gasteiger partial charge >= 0.3 is 5.97 Å². The van der Waals surface area contributed by atoms with E-state index in [9.17, 15) is 13.2 Å². The summed E-state index contributed by atoms with van der Waals surface area (Å²) in [6, 6.07) is 5.84. The maximum absolute atomic E-state index is 12.5. The number of nitrogens with zero attached hydrogens (tertiary/aromatic N) is 1. The number of ether oxygens (including phenoxy) is 1. The topological polar surface area (TPSA) is 63.7 Å². The van der Waals surface area contributed by atoms with Crippen LogP contribution >= 0.6 is 23.2 Å². The predicted octanol–water partition coefficient (Wildman–Crippen LogP) is 3.21. The van der Waals surface area contributed by atoms with Crippen molar-refractivity contribution in [2.24, 2.45) is 5.92 Å². The Hall–Kier alpha value is -0.820. The van der Waals surface area contributed by atoms with Crippen LogP contribution in [0.5, 0.6) is 0 Å². The standard InChI is InChI=1S/C16H19Cl2NO4S/c17-16(18)10-13(16)11-23-15(20)12-4-6-14(7-5-12)24(21,22)19-8-2-1-3-9-19/h4-7,13H,1-3,8-11H2/t13-/m1/s1. The van der Waals surface area contributed by atoms with Crippen LogP contribution in [0.3, 0.4) is 0 Å². The molecule has 2 fully saturated rings. The zero-order chi connectivity index (χ0) is 17.4. The van der Waals surface area contributed by atoms with Crippen LogP contribution in [-0.4, -0.2) is 42.7 Å². The number of hydrogen-bond acceptors (Lipinski definition) is 4. The fraction of sp³-hybridized carbons (Fsp3) is 0.562. The van der Waals surface area contributed by atoms with E-state index in [0.717, 1.165) is 19.3 Å². The second-order valence-corrected chi connectivity index (χ2v) is 9.73. The second-order valence-electron chi connectivity index (χ2n) is 6.25. The van der Waals surface area contributed by atoms with E-state index >= 15 is 0 Å². The molecule has 0 N–H and O–H groups in total. The Morgan fingerprint density at radius 3 is 2.29 bits per heavy atom. The number of piperidine rings is 1. The molecule has 3 rings (SSSR count). The summed E-state index contributed by atoms with van der Waals surface area (Å²) in [6.45, 7) is 1.26. The number of halogens is 2. The summed E-state index contributed by atoms with van der Waals surface area (Å²) in [5.41, 5.74) is 0.308. The van der Waals surface area contributed by atoms with Crippen LogP contribution in [0, 0.1) is 5.92 Å². The Labute approximate surface area is 151 Å². The molecule has 0 unspecified atom stereocenters. The molecule has 132 valence electrons. The van der Waals surface area contributed by atoms with Gasteiger partial charge in [-0.15, -0.1) is 23.2 Å². The van der Waals surface area contributed by atoms with Crippen LogP contribution in [0.1, 0.15) is 36.0 Å². The molecule has 1 heterocycles. The van der Waals surface area contributed by atoms with E-state index < -0.39 is 20.3 Å². The molecular formula is C16H19Cl2NO4S. The Morgan fingerprint density at radius 2 is 1.75 bits per heavy atom. The third-order valence-corrected chi connectivity index (χ3v) is 7.25. The summed E-state index contributed by atoms with van der Waals surface area (Å²) in [6.07, 6.45) is 3.43. The quantitative estimate of drug-likeness (QED) is 0.570. The van der Waals surface area contributed by atoms with Crippen molar-refractivity contribution in [3.05, 3.63) is 29.8 Å². The van der Waals surface area contributed by atoms with E-state index in [4.69, 9.17) is 27.9 Å². The Morgan fingerprint density at radius 1 is 1.17 bits per heavy atom. The third-order valence-electron chi connectivity index (χ3n) is 4.41. The van der Waals surface area contributed by atoms with Crippen molar-refractivity contribution in [2.45, 2.75) is 34.9 Å². The monoisotopic (exact) mass is 391 g/mol.